The van der Waals surface area contributed by atoms with Crippen LogP contribution in [-0.2, 0) is 0 Å². The van der Waals surface area contributed by atoms with Crippen molar-refractivity contribution >= 4 is 27.3 Å². The van der Waals surface area contributed by atoms with E-state index < -0.39 is 0 Å². The Hall–Kier alpha value is -1.10. The van der Waals surface area contributed by atoms with E-state index >= 15 is 0 Å². The summed E-state index contributed by atoms with van der Waals surface area (Å²) in [7, 11) is 0. The van der Waals surface area contributed by atoms with Gasteiger partial charge in [0.05, 0.1) is 4.92 Å². The van der Waals surface area contributed by atoms with E-state index in [4.69, 9.17) is 0 Å². The summed E-state index contributed by atoms with van der Waals surface area (Å²) in [4.78, 5) is 10.7. The standard InChI is InChI=1S/C14H21BrN2O2/c1-4-10(3)8-12(5-2)16-13-7-6-11(15)9-14(13)17(18)19/h6-7,9-10,12,16H,4-5,8H2,1-3H3. The predicted octanol–water partition coefficient (Wildman–Crippen LogP) is 4.98. The zero-order valence-electron chi connectivity index (χ0n) is 11.6. The SMILES string of the molecule is CCC(C)CC(CC)Nc1ccc(Br)cc1[N+](=O)[O-]. The third-order valence-electron chi connectivity index (χ3n) is 3.39. The molecule has 0 saturated heterocycles. The van der Waals surface area contributed by atoms with Gasteiger partial charge < -0.3 is 5.32 Å². The van der Waals surface area contributed by atoms with Crippen molar-refractivity contribution < 1.29 is 4.92 Å². The third kappa shape index (κ3) is 4.82. The predicted molar refractivity (Wildman–Crippen MR) is 82.6 cm³/mol. The molecule has 0 aliphatic rings. The first kappa shape index (κ1) is 16.0. The molecule has 0 aliphatic carbocycles. The highest BCUT2D eigenvalue weighted by molar-refractivity contribution is 9.10. The number of hydrogen-bond donors (Lipinski definition) is 1. The molecule has 0 aromatic heterocycles. The van der Waals surface area contributed by atoms with Gasteiger partial charge in [-0.2, -0.15) is 0 Å². The minimum atomic E-state index is -0.344. The fraction of sp³-hybridized carbons (Fsp3) is 0.571. The molecule has 2 atom stereocenters. The van der Waals surface area contributed by atoms with Gasteiger partial charge in [-0.05, 0) is 30.9 Å². The largest absolute Gasteiger partial charge is 0.377 e. The van der Waals surface area contributed by atoms with Crippen LogP contribution in [0.4, 0.5) is 11.4 Å². The number of anilines is 1. The van der Waals surface area contributed by atoms with Crippen LogP contribution >= 0.6 is 15.9 Å². The Morgan fingerprint density at radius 1 is 1.37 bits per heavy atom. The number of nitro benzene ring substituents is 1. The molecule has 1 rings (SSSR count). The molecule has 1 aromatic rings. The number of halogens is 1. The normalized spacial score (nSPS) is 13.9. The number of benzene rings is 1. The minimum absolute atomic E-state index is 0.122. The molecule has 0 radical (unpaired) electrons. The van der Waals surface area contributed by atoms with Crippen molar-refractivity contribution in [2.45, 2.75) is 46.1 Å². The third-order valence-corrected chi connectivity index (χ3v) is 3.89. The fourth-order valence-corrected chi connectivity index (χ4v) is 2.33. The summed E-state index contributed by atoms with van der Waals surface area (Å²) < 4.78 is 0.722. The van der Waals surface area contributed by atoms with E-state index in [0.717, 1.165) is 23.7 Å². The van der Waals surface area contributed by atoms with Crippen LogP contribution in [0.15, 0.2) is 22.7 Å². The molecule has 0 aliphatic heterocycles. The van der Waals surface area contributed by atoms with Gasteiger partial charge in [0.1, 0.15) is 5.69 Å². The number of nitrogens with zero attached hydrogens (tertiary/aromatic N) is 1. The molecule has 0 heterocycles. The molecule has 19 heavy (non-hydrogen) atoms. The summed E-state index contributed by atoms with van der Waals surface area (Å²) in [5.74, 6) is 0.618. The molecule has 0 spiro atoms. The van der Waals surface area contributed by atoms with Gasteiger partial charge in [-0.25, -0.2) is 0 Å². The molecule has 2 unspecified atom stereocenters. The zero-order chi connectivity index (χ0) is 14.4. The van der Waals surface area contributed by atoms with Gasteiger partial charge in [0, 0.05) is 16.6 Å². The van der Waals surface area contributed by atoms with Crippen molar-refractivity contribution in [2.75, 3.05) is 5.32 Å². The zero-order valence-corrected chi connectivity index (χ0v) is 13.2. The quantitative estimate of drug-likeness (QED) is 0.567. The summed E-state index contributed by atoms with van der Waals surface area (Å²) in [6.45, 7) is 6.48. The number of nitro groups is 1. The second-order valence-electron chi connectivity index (χ2n) is 4.92. The summed E-state index contributed by atoms with van der Waals surface area (Å²) in [6, 6.07) is 5.40. The molecule has 0 fully saturated rings. The van der Waals surface area contributed by atoms with Gasteiger partial charge >= 0.3 is 0 Å². The van der Waals surface area contributed by atoms with Crippen LogP contribution in [0.25, 0.3) is 0 Å². The van der Waals surface area contributed by atoms with Crippen molar-refractivity contribution in [2.24, 2.45) is 5.92 Å². The maximum Gasteiger partial charge on any atom is 0.293 e. The average Bonchev–Trinajstić information content (AvgIpc) is 2.39. The van der Waals surface area contributed by atoms with Crippen molar-refractivity contribution in [3.05, 3.63) is 32.8 Å². The summed E-state index contributed by atoms with van der Waals surface area (Å²) in [5.41, 5.74) is 0.723. The van der Waals surface area contributed by atoms with Gasteiger partial charge in [-0.3, -0.25) is 10.1 Å². The summed E-state index contributed by atoms with van der Waals surface area (Å²) in [6.07, 6.45) is 3.11. The van der Waals surface area contributed by atoms with Gasteiger partial charge in [-0.15, -0.1) is 0 Å². The lowest BCUT2D eigenvalue weighted by Crippen LogP contribution is -2.21. The maximum absolute atomic E-state index is 11.1. The van der Waals surface area contributed by atoms with Crippen molar-refractivity contribution in [1.29, 1.82) is 0 Å². The molecular formula is C14H21BrN2O2. The van der Waals surface area contributed by atoms with Crippen LogP contribution < -0.4 is 5.32 Å². The van der Waals surface area contributed by atoms with Crippen molar-refractivity contribution in [3.8, 4) is 0 Å². The van der Waals surface area contributed by atoms with Crippen molar-refractivity contribution in [1.82, 2.24) is 0 Å². The molecule has 106 valence electrons. The van der Waals surface area contributed by atoms with E-state index in [0.29, 0.717) is 11.6 Å². The van der Waals surface area contributed by atoms with E-state index in [2.05, 4.69) is 42.0 Å². The second kappa shape index (κ2) is 7.48. The van der Waals surface area contributed by atoms with E-state index in [9.17, 15) is 10.1 Å². The van der Waals surface area contributed by atoms with Gasteiger partial charge in [0.15, 0.2) is 0 Å². The van der Waals surface area contributed by atoms with Crippen LogP contribution in [0.3, 0.4) is 0 Å². The monoisotopic (exact) mass is 328 g/mol. The number of rotatable bonds is 7. The maximum atomic E-state index is 11.1. The van der Waals surface area contributed by atoms with Crippen LogP contribution in [0, 0.1) is 16.0 Å². The second-order valence-corrected chi connectivity index (χ2v) is 5.83. The number of hydrogen-bond acceptors (Lipinski definition) is 3. The van der Waals surface area contributed by atoms with Crippen LogP contribution in [0.5, 0.6) is 0 Å². The molecule has 1 aromatic carbocycles. The highest BCUT2D eigenvalue weighted by Gasteiger charge is 2.18. The molecule has 0 bridgehead atoms. The van der Waals surface area contributed by atoms with Gasteiger partial charge in [0.2, 0.25) is 0 Å². The lowest BCUT2D eigenvalue weighted by Gasteiger charge is -2.21. The molecular weight excluding hydrogens is 308 g/mol. The van der Waals surface area contributed by atoms with E-state index in [1.807, 2.05) is 6.07 Å². The first-order valence-corrected chi connectivity index (χ1v) is 7.47. The first-order chi connectivity index (χ1) is 8.97. The highest BCUT2D eigenvalue weighted by atomic mass is 79.9. The molecule has 5 heteroatoms. The minimum Gasteiger partial charge on any atom is -0.377 e. The lowest BCUT2D eigenvalue weighted by atomic mass is 9.97. The Labute approximate surface area is 122 Å². The van der Waals surface area contributed by atoms with Gasteiger partial charge in [0.25, 0.3) is 5.69 Å². The Balaban J connectivity index is 2.87. The van der Waals surface area contributed by atoms with E-state index in [1.165, 1.54) is 6.07 Å². The molecule has 1 N–H and O–H groups in total. The topological polar surface area (TPSA) is 55.2 Å². The molecule has 0 saturated carbocycles. The van der Waals surface area contributed by atoms with Crippen molar-refractivity contribution in [3.63, 3.8) is 0 Å². The Bertz CT molecular complexity index is 437. The van der Waals surface area contributed by atoms with Crippen LogP contribution in [0.2, 0.25) is 0 Å². The van der Waals surface area contributed by atoms with E-state index in [1.54, 1.807) is 6.07 Å². The summed E-state index contributed by atoms with van der Waals surface area (Å²) in [5, 5.41) is 14.4. The van der Waals surface area contributed by atoms with Crippen LogP contribution in [-0.4, -0.2) is 11.0 Å². The first-order valence-electron chi connectivity index (χ1n) is 6.68. The van der Waals surface area contributed by atoms with E-state index in [-0.39, 0.29) is 16.7 Å². The van der Waals surface area contributed by atoms with Gasteiger partial charge in [-0.1, -0.05) is 43.1 Å². The smallest absolute Gasteiger partial charge is 0.293 e. The Morgan fingerprint density at radius 2 is 2.05 bits per heavy atom. The fourth-order valence-electron chi connectivity index (χ4n) is 1.98. The highest BCUT2D eigenvalue weighted by Crippen LogP contribution is 2.29. The Kier molecular flexibility index (Phi) is 6.28. The van der Waals surface area contributed by atoms with Crippen LogP contribution in [0.1, 0.15) is 40.0 Å². The molecule has 4 nitrogen and oxygen atoms in total. The molecule has 0 amide bonds. The summed E-state index contributed by atoms with van der Waals surface area (Å²) >= 11 is 3.27. The lowest BCUT2D eigenvalue weighted by molar-refractivity contribution is -0.384. The Morgan fingerprint density at radius 3 is 2.58 bits per heavy atom. The number of nitrogens with one attached hydrogen (secondary N) is 1. The average molecular weight is 329 g/mol.